The molecule has 1 amide bonds. The molecule has 1 aromatic carbocycles. The molecule has 1 aliphatic rings. The average molecular weight is 462 g/mol. The Hall–Kier alpha value is -1.83. The molecule has 0 bridgehead atoms. The predicted molar refractivity (Wildman–Crippen MR) is 129 cm³/mol. The fourth-order valence-corrected chi connectivity index (χ4v) is 4.71. The van der Waals surface area contributed by atoms with E-state index in [1.54, 1.807) is 17.8 Å². The summed E-state index contributed by atoms with van der Waals surface area (Å²) in [6.07, 6.45) is 3.86. The van der Waals surface area contributed by atoms with Gasteiger partial charge in [0.05, 0.1) is 0 Å². The lowest BCUT2D eigenvalue weighted by Gasteiger charge is -2.26. The number of carbonyl (C=O) groups excluding carboxylic acids is 1. The number of halogens is 1. The Labute approximate surface area is 194 Å². The van der Waals surface area contributed by atoms with E-state index in [0.717, 1.165) is 49.9 Å². The number of nitrogens with one attached hydrogen (secondary N) is 1. The fraction of sp³-hybridized carbons (Fsp3) is 0.522. The molecule has 2 heterocycles. The lowest BCUT2D eigenvalue weighted by Crippen LogP contribution is -2.37. The standard InChI is InChI=1S/C23H32ClN5OS/c1-3-29(4-2)21-16-20(24)26-23(27-21)31-17-18-8-10-19(11-9-18)22(30)25-12-15-28-13-6-5-7-14-28/h8-11,16H,3-7,12-15,17H2,1-2H3,(H,25,30). The minimum Gasteiger partial charge on any atom is -0.357 e. The second-order valence-electron chi connectivity index (χ2n) is 7.65. The zero-order chi connectivity index (χ0) is 22.1. The summed E-state index contributed by atoms with van der Waals surface area (Å²) in [7, 11) is 0. The lowest BCUT2D eigenvalue weighted by molar-refractivity contribution is 0.0946. The number of piperidine rings is 1. The van der Waals surface area contributed by atoms with Crippen LogP contribution in [0.3, 0.4) is 0 Å². The minimum absolute atomic E-state index is 0.0155. The third-order valence-corrected chi connectivity index (χ3v) is 6.61. The Bertz CT molecular complexity index is 838. The highest BCUT2D eigenvalue weighted by Gasteiger charge is 2.12. The SMILES string of the molecule is CCN(CC)c1cc(Cl)nc(SCc2ccc(C(=O)NCCN3CCCCC3)cc2)n1. The van der Waals surface area contributed by atoms with Gasteiger partial charge in [-0.05, 0) is 57.5 Å². The summed E-state index contributed by atoms with van der Waals surface area (Å²) in [5, 5.41) is 4.15. The highest BCUT2D eigenvalue weighted by molar-refractivity contribution is 7.98. The van der Waals surface area contributed by atoms with Crippen LogP contribution in [-0.4, -0.2) is 60.0 Å². The number of aromatic nitrogens is 2. The van der Waals surface area contributed by atoms with Crippen LogP contribution in [0.4, 0.5) is 5.82 Å². The van der Waals surface area contributed by atoms with Crippen molar-refractivity contribution >= 4 is 35.1 Å². The van der Waals surface area contributed by atoms with Gasteiger partial charge in [-0.25, -0.2) is 9.97 Å². The first kappa shape index (κ1) is 23.8. The zero-order valence-electron chi connectivity index (χ0n) is 18.4. The van der Waals surface area contributed by atoms with Crippen LogP contribution in [0.5, 0.6) is 0 Å². The van der Waals surface area contributed by atoms with Gasteiger partial charge in [0.1, 0.15) is 11.0 Å². The lowest BCUT2D eigenvalue weighted by atomic mass is 10.1. The van der Waals surface area contributed by atoms with Gasteiger partial charge in [0, 0.05) is 43.6 Å². The van der Waals surface area contributed by atoms with Crippen molar-refractivity contribution in [3.63, 3.8) is 0 Å². The van der Waals surface area contributed by atoms with Crippen molar-refractivity contribution < 1.29 is 4.79 Å². The molecule has 1 aromatic heterocycles. The molecule has 1 N–H and O–H groups in total. The molecule has 3 rings (SSSR count). The summed E-state index contributed by atoms with van der Waals surface area (Å²) in [5.74, 6) is 1.55. The third kappa shape index (κ3) is 7.37. The Morgan fingerprint density at radius 2 is 1.84 bits per heavy atom. The number of hydrogen-bond donors (Lipinski definition) is 1. The molecule has 31 heavy (non-hydrogen) atoms. The van der Waals surface area contributed by atoms with Crippen LogP contribution in [0, 0.1) is 0 Å². The maximum Gasteiger partial charge on any atom is 0.251 e. The van der Waals surface area contributed by atoms with E-state index in [-0.39, 0.29) is 5.91 Å². The molecule has 0 saturated carbocycles. The second kappa shape index (κ2) is 12.3. The number of hydrogen-bond acceptors (Lipinski definition) is 6. The van der Waals surface area contributed by atoms with Crippen LogP contribution in [0.2, 0.25) is 5.15 Å². The maximum absolute atomic E-state index is 12.4. The van der Waals surface area contributed by atoms with Crippen molar-refractivity contribution in [2.75, 3.05) is 44.2 Å². The summed E-state index contributed by atoms with van der Waals surface area (Å²) >= 11 is 7.74. The van der Waals surface area contributed by atoms with Gasteiger partial charge in [-0.15, -0.1) is 0 Å². The van der Waals surface area contributed by atoms with E-state index in [1.165, 1.54) is 19.3 Å². The number of anilines is 1. The van der Waals surface area contributed by atoms with Crippen molar-refractivity contribution in [2.45, 2.75) is 44.0 Å². The molecule has 168 valence electrons. The van der Waals surface area contributed by atoms with E-state index in [1.807, 2.05) is 24.3 Å². The third-order valence-electron chi connectivity index (χ3n) is 5.49. The first-order valence-electron chi connectivity index (χ1n) is 11.1. The van der Waals surface area contributed by atoms with Crippen molar-refractivity contribution in [1.29, 1.82) is 0 Å². The molecule has 0 atom stereocenters. The number of thioether (sulfide) groups is 1. The van der Waals surface area contributed by atoms with Gasteiger partial charge in [0.25, 0.3) is 5.91 Å². The predicted octanol–water partition coefficient (Wildman–Crippen LogP) is 4.48. The number of likely N-dealkylation sites (tertiary alicyclic amines) is 1. The normalized spacial score (nSPS) is 14.4. The van der Waals surface area contributed by atoms with Crippen molar-refractivity contribution in [3.05, 3.63) is 46.6 Å². The van der Waals surface area contributed by atoms with E-state index in [9.17, 15) is 4.79 Å². The summed E-state index contributed by atoms with van der Waals surface area (Å²) in [5.41, 5.74) is 1.80. The topological polar surface area (TPSA) is 61.4 Å². The van der Waals surface area contributed by atoms with Gasteiger partial charge < -0.3 is 15.1 Å². The Morgan fingerprint density at radius 3 is 2.52 bits per heavy atom. The van der Waals surface area contributed by atoms with Crippen LogP contribution >= 0.6 is 23.4 Å². The number of rotatable bonds is 10. The van der Waals surface area contributed by atoms with E-state index in [2.05, 4.69) is 38.9 Å². The van der Waals surface area contributed by atoms with Gasteiger partial charge >= 0.3 is 0 Å². The Kier molecular flexibility index (Phi) is 9.43. The first-order valence-corrected chi connectivity index (χ1v) is 12.5. The van der Waals surface area contributed by atoms with Gasteiger partial charge in [0.15, 0.2) is 5.16 Å². The monoisotopic (exact) mass is 461 g/mol. The summed E-state index contributed by atoms with van der Waals surface area (Å²) in [6.45, 7) is 9.84. The molecule has 2 aromatic rings. The molecule has 0 unspecified atom stereocenters. The summed E-state index contributed by atoms with van der Waals surface area (Å²) in [4.78, 5) is 25.9. The van der Waals surface area contributed by atoms with Crippen molar-refractivity contribution in [1.82, 2.24) is 20.2 Å². The van der Waals surface area contributed by atoms with E-state index < -0.39 is 0 Å². The van der Waals surface area contributed by atoms with E-state index in [4.69, 9.17) is 11.6 Å². The zero-order valence-corrected chi connectivity index (χ0v) is 20.0. The van der Waals surface area contributed by atoms with Gasteiger partial charge in [-0.3, -0.25) is 4.79 Å². The molecular formula is C23H32ClN5OS. The molecule has 0 radical (unpaired) electrons. The van der Waals surface area contributed by atoms with Gasteiger partial charge in [0.2, 0.25) is 0 Å². The summed E-state index contributed by atoms with van der Waals surface area (Å²) < 4.78 is 0. The highest BCUT2D eigenvalue weighted by Crippen LogP contribution is 2.24. The maximum atomic E-state index is 12.4. The molecule has 1 fully saturated rings. The second-order valence-corrected chi connectivity index (χ2v) is 8.98. The molecule has 8 heteroatoms. The summed E-state index contributed by atoms with van der Waals surface area (Å²) in [6, 6.07) is 9.54. The highest BCUT2D eigenvalue weighted by atomic mass is 35.5. The Morgan fingerprint density at radius 1 is 1.13 bits per heavy atom. The van der Waals surface area contributed by atoms with Crippen LogP contribution in [0.1, 0.15) is 49.0 Å². The molecule has 1 aliphatic heterocycles. The molecule has 0 spiro atoms. The fourth-order valence-electron chi connectivity index (χ4n) is 3.67. The quantitative estimate of drug-likeness (QED) is 0.319. The van der Waals surface area contributed by atoms with Crippen LogP contribution < -0.4 is 10.2 Å². The number of benzene rings is 1. The van der Waals surface area contributed by atoms with Crippen molar-refractivity contribution in [3.8, 4) is 0 Å². The van der Waals surface area contributed by atoms with Gasteiger partial charge in [-0.2, -0.15) is 0 Å². The van der Waals surface area contributed by atoms with E-state index in [0.29, 0.717) is 22.4 Å². The molecular weight excluding hydrogens is 430 g/mol. The average Bonchev–Trinajstić information content (AvgIpc) is 2.79. The molecule has 0 aliphatic carbocycles. The van der Waals surface area contributed by atoms with Crippen LogP contribution in [-0.2, 0) is 5.75 Å². The molecule has 1 saturated heterocycles. The minimum atomic E-state index is -0.0155. The van der Waals surface area contributed by atoms with E-state index >= 15 is 0 Å². The van der Waals surface area contributed by atoms with Gasteiger partial charge in [-0.1, -0.05) is 41.9 Å². The largest absolute Gasteiger partial charge is 0.357 e. The molecule has 6 nitrogen and oxygen atoms in total. The van der Waals surface area contributed by atoms with Crippen LogP contribution in [0.25, 0.3) is 0 Å². The number of nitrogens with zero attached hydrogens (tertiary/aromatic N) is 4. The van der Waals surface area contributed by atoms with Crippen molar-refractivity contribution in [2.24, 2.45) is 0 Å². The number of carbonyl (C=O) groups is 1. The first-order chi connectivity index (χ1) is 15.1. The smallest absolute Gasteiger partial charge is 0.251 e. The van der Waals surface area contributed by atoms with Crippen LogP contribution in [0.15, 0.2) is 35.5 Å². The number of amides is 1. The Balaban J connectivity index is 1.49.